The molecule has 14 heavy (non-hydrogen) atoms. The van der Waals surface area contributed by atoms with Gasteiger partial charge in [0.15, 0.2) is 5.96 Å². The Labute approximate surface area is 85.3 Å². The van der Waals surface area contributed by atoms with Gasteiger partial charge in [0.05, 0.1) is 18.8 Å². The van der Waals surface area contributed by atoms with Crippen molar-refractivity contribution < 1.29 is 4.74 Å². The molecule has 0 aromatic heterocycles. The molecule has 4 heteroatoms. The van der Waals surface area contributed by atoms with Crippen molar-refractivity contribution in [2.45, 2.75) is 39.0 Å². The van der Waals surface area contributed by atoms with E-state index < -0.39 is 0 Å². The summed E-state index contributed by atoms with van der Waals surface area (Å²) < 4.78 is 5.68. The second kappa shape index (κ2) is 3.77. The van der Waals surface area contributed by atoms with Crippen LogP contribution in [0, 0.1) is 0 Å². The van der Waals surface area contributed by atoms with Crippen LogP contribution in [0.3, 0.4) is 0 Å². The molecule has 1 fully saturated rings. The molecule has 0 amide bonds. The van der Waals surface area contributed by atoms with E-state index in [1.165, 1.54) is 0 Å². The predicted octanol–water partition coefficient (Wildman–Crippen LogP) is 0.443. The molecule has 1 unspecified atom stereocenters. The molecule has 2 aliphatic heterocycles. The van der Waals surface area contributed by atoms with E-state index in [-0.39, 0.29) is 0 Å². The summed E-state index contributed by atoms with van der Waals surface area (Å²) in [7, 11) is 0. The number of nitrogens with one attached hydrogen (secondary N) is 1. The molecule has 2 aliphatic rings. The second-order valence-electron chi connectivity index (χ2n) is 4.37. The summed E-state index contributed by atoms with van der Waals surface area (Å²) in [6.45, 7) is 9.17. The Morgan fingerprint density at radius 3 is 2.43 bits per heavy atom. The molecular weight excluding hydrogens is 178 g/mol. The lowest BCUT2D eigenvalue weighted by molar-refractivity contribution is -0.0487. The standard InChI is InChI=1S/C10H19N3O/c1-7-4-11-10(12-7)13-5-8(2)14-9(3)6-13/h7-9H,4-6H2,1-3H3,(H,11,12)/t7?,8-,9+. The highest BCUT2D eigenvalue weighted by Gasteiger charge is 2.27. The fraction of sp³-hybridized carbons (Fsp3) is 0.900. The number of aliphatic imine (C=N–C) groups is 1. The molecule has 2 heterocycles. The molecule has 0 radical (unpaired) electrons. The van der Waals surface area contributed by atoms with E-state index in [2.05, 4.69) is 36.0 Å². The summed E-state index contributed by atoms with van der Waals surface area (Å²) in [5.74, 6) is 1.06. The highest BCUT2D eigenvalue weighted by molar-refractivity contribution is 5.82. The van der Waals surface area contributed by atoms with Crippen LogP contribution in [0.25, 0.3) is 0 Å². The molecule has 0 bridgehead atoms. The number of morpholine rings is 1. The van der Waals surface area contributed by atoms with Crippen molar-refractivity contribution in [2.75, 3.05) is 19.6 Å². The highest BCUT2D eigenvalue weighted by atomic mass is 16.5. The zero-order chi connectivity index (χ0) is 10.1. The third kappa shape index (κ3) is 2.00. The summed E-state index contributed by atoms with van der Waals surface area (Å²) in [5.41, 5.74) is 0. The summed E-state index contributed by atoms with van der Waals surface area (Å²) in [6, 6.07) is 0.485. The fourth-order valence-corrected chi connectivity index (χ4v) is 2.08. The molecule has 80 valence electrons. The van der Waals surface area contributed by atoms with Gasteiger partial charge in [-0.15, -0.1) is 0 Å². The third-order valence-corrected chi connectivity index (χ3v) is 2.61. The largest absolute Gasteiger partial charge is 0.372 e. The summed E-state index contributed by atoms with van der Waals surface area (Å²) >= 11 is 0. The first kappa shape index (κ1) is 9.77. The van der Waals surface area contributed by atoms with E-state index in [4.69, 9.17) is 4.74 Å². The van der Waals surface area contributed by atoms with Gasteiger partial charge in [-0.05, 0) is 20.8 Å². The Balaban J connectivity index is 1.97. The molecule has 1 saturated heterocycles. The van der Waals surface area contributed by atoms with Crippen LogP contribution >= 0.6 is 0 Å². The first-order chi connectivity index (χ1) is 6.65. The van der Waals surface area contributed by atoms with Crippen LogP contribution in [-0.4, -0.2) is 48.7 Å². The van der Waals surface area contributed by atoms with Gasteiger partial charge in [0.1, 0.15) is 0 Å². The van der Waals surface area contributed by atoms with Crippen molar-refractivity contribution in [3.8, 4) is 0 Å². The lowest BCUT2D eigenvalue weighted by Gasteiger charge is -2.36. The molecule has 0 aromatic carbocycles. The molecule has 0 spiro atoms. The van der Waals surface area contributed by atoms with Crippen LogP contribution in [0.15, 0.2) is 4.99 Å². The quantitative estimate of drug-likeness (QED) is 0.612. The normalized spacial score (nSPS) is 38.1. The average Bonchev–Trinajstić information content (AvgIpc) is 2.50. The van der Waals surface area contributed by atoms with E-state index in [1.54, 1.807) is 0 Å². The van der Waals surface area contributed by atoms with Crippen molar-refractivity contribution in [1.82, 2.24) is 10.2 Å². The van der Waals surface area contributed by atoms with E-state index in [0.717, 1.165) is 25.6 Å². The van der Waals surface area contributed by atoms with E-state index in [9.17, 15) is 0 Å². The van der Waals surface area contributed by atoms with E-state index in [0.29, 0.717) is 18.2 Å². The monoisotopic (exact) mass is 197 g/mol. The third-order valence-electron chi connectivity index (χ3n) is 2.61. The van der Waals surface area contributed by atoms with E-state index in [1.807, 2.05) is 0 Å². The Hall–Kier alpha value is -0.770. The Kier molecular flexibility index (Phi) is 2.63. The van der Waals surface area contributed by atoms with Crippen LogP contribution in [0.5, 0.6) is 0 Å². The van der Waals surface area contributed by atoms with Crippen LogP contribution in [0.4, 0.5) is 0 Å². The zero-order valence-electron chi connectivity index (χ0n) is 9.16. The van der Waals surface area contributed by atoms with Gasteiger partial charge in [-0.25, -0.2) is 0 Å². The first-order valence-electron chi connectivity index (χ1n) is 5.36. The van der Waals surface area contributed by atoms with Crippen LogP contribution in [0.2, 0.25) is 0 Å². The number of guanidine groups is 1. The number of hydrogen-bond acceptors (Lipinski definition) is 4. The minimum Gasteiger partial charge on any atom is -0.372 e. The summed E-state index contributed by atoms with van der Waals surface area (Å²) in [6.07, 6.45) is 0.610. The van der Waals surface area contributed by atoms with Gasteiger partial charge in [-0.1, -0.05) is 0 Å². The fourth-order valence-electron chi connectivity index (χ4n) is 2.08. The van der Waals surface area contributed by atoms with Crippen molar-refractivity contribution in [2.24, 2.45) is 4.99 Å². The maximum absolute atomic E-state index is 5.68. The summed E-state index contributed by atoms with van der Waals surface area (Å²) in [5, 5.41) is 3.38. The van der Waals surface area contributed by atoms with Crippen molar-refractivity contribution >= 4 is 5.96 Å². The van der Waals surface area contributed by atoms with Crippen LogP contribution < -0.4 is 5.32 Å². The number of rotatable bonds is 0. The van der Waals surface area contributed by atoms with Gasteiger partial charge in [-0.3, -0.25) is 4.99 Å². The summed E-state index contributed by atoms with van der Waals surface area (Å²) in [4.78, 5) is 6.78. The minimum absolute atomic E-state index is 0.305. The minimum atomic E-state index is 0.305. The van der Waals surface area contributed by atoms with Gasteiger partial charge in [0, 0.05) is 19.1 Å². The van der Waals surface area contributed by atoms with Crippen molar-refractivity contribution in [3.63, 3.8) is 0 Å². The smallest absolute Gasteiger partial charge is 0.194 e. The van der Waals surface area contributed by atoms with Gasteiger partial charge >= 0.3 is 0 Å². The maximum Gasteiger partial charge on any atom is 0.194 e. The lowest BCUT2D eigenvalue weighted by Crippen LogP contribution is -2.52. The molecule has 0 saturated carbocycles. The van der Waals surface area contributed by atoms with Crippen LogP contribution in [0.1, 0.15) is 20.8 Å². The van der Waals surface area contributed by atoms with Gasteiger partial charge in [-0.2, -0.15) is 0 Å². The van der Waals surface area contributed by atoms with Gasteiger partial charge in [0.25, 0.3) is 0 Å². The highest BCUT2D eigenvalue weighted by Crippen LogP contribution is 2.12. The van der Waals surface area contributed by atoms with Crippen molar-refractivity contribution in [1.29, 1.82) is 0 Å². The lowest BCUT2D eigenvalue weighted by atomic mass is 10.2. The molecule has 0 aromatic rings. The number of nitrogens with zero attached hydrogens (tertiary/aromatic N) is 2. The first-order valence-corrected chi connectivity index (χ1v) is 5.36. The molecule has 0 aliphatic carbocycles. The Morgan fingerprint density at radius 2 is 1.93 bits per heavy atom. The molecule has 1 N–H and O–H groups in total. The molecule has 4 nitrogen and oxygen atoms in total. The average molecular weight is 197 g/mol. The molecule has 2 rings (SSSR count). The Bertz CT molecular complexity index is 232. The predicted molar refractivity (Wildman–Crippen MR) is 56.5 cm³/mol. The maximum atomic E-state index is 5.68. The topological polar surface area (TPSA) is 36.9 Å². The number of ether oxygens (including phenoxy) is 1. The molecule has 3 atom stereocenters. The van der Waals surface area contributed by atoms with Crippen molar-refractivity contribution in [3.05, 3.63) is 0 Å². The SMILES string of the molecule is CC1CN=C(N2C[C@@H](C)O[C@@H](C)C2)N1. The zero-order valence-corrected chi connectivity index (χ0v) is 9.16. The number of hydrogen-bond donors (Lipinski definition) is 1. The second-order valence-corrected chi connectivity index (χ2v) is 4.37. The van der Waals surface area contributed by atoms with Crippen LogP contribution in [-0.2, 0) is 4.74 Å². The van der Waals surface area contributed by atoms with Gasteiger partial charge < -0.3 is 15.0 Å². The van der Waals surface area contributed by atoms with E-state index >= 15 is 0 Å². The Morgan fingerprint density at radius 1 is 1.29 bits per heavy atom. The van der Waals surface area contributed by atoms with Gasteiger partial charge in [0.2, 0.25) is 0 Å². The molecular formula is C10H19N3O.